The fourth-order valence-corrected chi connectivity index (χ4v) is 7.30. The molecule has 0 aromatic heterocycles. The summed E-state index contributed by atoms with van der Waals surface area (Å²) in [4.78, 5) is 47.7. The van der Waals surface area contributed by atoms with E-state index in [1.165, 1.54) is 148 Å². The van der Waals surface area contributed by atoms with E-state index in [9.17, 15) is 19.2 Å². The largest absolute Gasteiger partial charge is 0.480 e. The lowest BCUT2D eigenvalue weighted by molar-refractivity contribution is -0.150. The van der Waals surface area contributed by atoms with Gasteiger partial charge < -0.3 is 25.6 Å². The molecule has 2 atom stereocenters. The fourth-order valence-electron chi connectivity index (χ4n) is 7.30. The molecule has 0 aliphatic carbocycles. The highest BCUT2D eigenvalue weighted by atomic mass is 16.5. The number of ether oxygens (including phenoxy) is 1. The molecular formula is C48H90N2O7. The zero-order chi connectivity index (χ0) is 41.9. The van der Waals surface area contributed by atoms with Crippen LogP contribution in [0.15, 0.2) is 12.2 Å². The Kier molecular flexibility index (Phi) is 41.3. The number of unbranched alkanes of at least 4 members (excludes halogenated alkanes) is 28. The molecule has 334 valence electrons. The summed E-state index contributed by atoms with van der Waals surface area (Å²) in [7, 11) is 0. The summed E-state index contributed by atoms with van der Waals surface area (Å²) in [6, 6.07) is -1.38. The molecule has 0 aliphatic heterocycles. The molecule has 0 saturated heterocycles. The molecule has 2 unspecified atom stereocenters. The number of aliphatic hydroxyl groups excluding tert-OH is 1. The molecular weight excluding hydrogens is 717 g/mol. The topological polar surface area (TPSA) is 142 Å². The summed E-state index contributed by atoms with van der Waals surface area (Å²) in [5.74, 6) is -2.28. The first-order valence-corrected chi connectivity index (χ1v) is 24.1. The average molecular weight is 807 g/mol. The summed E-state index contributed by atoms with van der Waals surface area (Å²) >= 11 is 0. The molecule has 0 aromatic carbocycles. The van der Waals surface area contributed by atoms with Gasteiger partial charge in [0.15, 0.2) is 0 Å². The first-order chi connectivity index (χ1) is 27.8. The molecule has 0 rings (SSSR count). The number of carboxylic acid groups (broad SMARTS) is 1. The Balaban J connectivity index is 4.31. The summed E-state index contributed by atoms with van der Waals surface area (Å²) in [6.07, 6.45) is 46.7. The third-order valence-corrected chi connectivity index (χ3v) is 11.0. The lowest BCUT2D eigenvalue weighted by Gasteiger charge is -2.18. The van der Waals surface area contributed by atoms with Crippen molar-refractivity contribution in [2.75, 3.05) is 13.2 Å². The van der Waals surface area contributed by atoms with E-state index in [0.717, 1.165) is 64.2 Å². The summed E-state index contributed by atoms with van der Waals surface area (Å²) < 4.78 is 6.05. The molecule has 0 heterocycles. The van der Waals surface area contributed by atoms with Crippen molar-refractivity contribution in [2.24, 2.45) is 0 Å². The number of rotatable bonds is 44. The maximum absolute atomic E-state index is 12.8. The molecule has 4 N–H and O–H groups in total. The molecule has 2 amide bonds. The van der Waals surface area contributed by atoms with Gasteiger partial charge in [0.05, 0.1) is 13.2 Å². The monoisotopic (exact) mass is 807 g/mol. The van der Waals surface area contributed by atoms with Crippen LogP contribution < -0.4 is 10.6 Å². The SMILES string of the molecule is CCCCCCC/C=C\CCCCCCCC(=O)OC(CCCCCCCCCCCCCCCCC)CCCCCCCC(=O)NCC(=O)NC(CO)C(=O)O. The minimum absolute atomic E-state index is 0.0126. The van der Waals surface area contributed by atoms with Crippen LogP contribution in [0.3, 0.4) is 0 Å². The quantitative estimate of drug-likeness (QED) is 0.0273. The van der Waals surface area contributed by atoms with Gasteiger partial charge in [-0.05, 0) is 64.2 Å². The third-order valence-electron chi connectivity index (χ3n) is 11.0. The zero-order valence-electron chi connectivity index (χ0n) is 37.1. The predicted octanol–water partition coefficient (Wildman–Crippen LogP) is 12.2. The third kappa shape index (κ3) is 40.2. The van der Waals surface area contributed by atoms with Crippen LogP contribution in [0.25, 0.3) is 0 Å². The van der Waals surface area contributed by atoms with Crippen molar-refractivity contribution in [2.45, 2.75) is 257 Å². The number of carboxylic acids is 1. The van der Waals surface area contributed by atoms with E-state index in [1.807, 2.05) is 0 Å². The van der Waals surface area contributed by atoms with Crippen LogP contribution in [0.2, 0.25) is 0 Å². The molecule has 0 aromatic rings. The van der Waals surface area contributed by atoms with Crippen LogP contribution in [0.4, 0.5) is 0 Å². The highest BCUT2D eigenvalue weighted by Gasteiger charge is 2.19. The lowest BCUT2D eigenvalue weighted by atomic mass is 10.0. The molecule has 9 heteroatoms. The smallest absolute Gasteiger partial charge is 0.328 e. The Morgan fingerprint density at radius 2 is 0.895 bits per heavy atom. The molecule has 9 nitrogen and oxygen atoms in total. The first kappa shape index (κ1) is 54.6. The normalized spacial score (nSPS) is 12.5. The number of esters is 1. The van der Waals surface area contributed by atoms with E-state index in [1.54, 1.807) is 0 Å². The van der Waals surface area contributed by atoms with Gasteiger partial charge in [-0.25, -0.2) is 4.79 Å². The number of aliphatic hydroxyl groups is 1. The van der Waals surface area contributed by atoms with Crippen LogP contribution in [0.1, 0.15) is 245 Å². The van der Waals surface area contributed by atoms with Crippen molar-refractivity contribution in [3.63, 3.8) is 0 Å². The van der Waals surface area contributed by atoms with Gasteiger partial charge in [-0.1, -0.05) is 180 Å². The summed E-state index contributed by atoms with van der Waals surface area (Å²) in [6.45, 7) is 3.50. The van der Waals surface area contributed by atoms with E-state index < -0.39 is 24.5 Å². The fraction of sp³-hybridized carbons (Fsp3) is 0.875. The average Bonchev–Trinajstić information content (AvgIpc) is 3.20. The van der Waals surface area contributed by atoms with Crippen molar-refractivity contribution >= 4 is 23.8 Å². The van der Waals surface area contributed by atoms with E-state index in [2.05, 4.69) is 36.6 Å². The first-order valence-electron chi connectivity index (χ1n) is 24.1. The van der Waals surface area contributed by atoms with Gasteiger partial charge >= 0.3 is 11.9 Å². The number of amides is 2. The Hall–Kier alpha value is -2.42. The summed E-state index contributed by atoms with van der Waals surface area (Å²) in [5.41, 5.74) is 0. The van der Waals surface area contributed by atoms with Gasteiger partial charge in [0.2, 0.25) is 11.8 Å². The minimum atomic E-state index is -1.38. The maximum Gasteiger partial charge on any atom is 0.328 e. The van der Waals surface area contributed by atoms with Crippen LogP contribution in [-0.4, -0.2) is 59.3 Å². The van der Waals surface area contributed by atoms with E-state index in [4.69, 9.17) is 14.9 Å². The second-order valence-corrected chi connectivity index (χ2v) is 16.6. The summed E-state index contributed by atoms with van der Waals surface area (Å²) in [5, 5.41) is 22.6. The highest BCUT2D eigenvalue weighted by molar-refractivity contribution is 5.87. The number of allylic oxidation sites excluding steroid dienone is 2. The highest BCUT2D eigenvalue weighted by Crippen LogP contribution is 2.19. The van der Waals surface area contributed by atoms with Crippen molar-refractivity contribution in [1.29, 1.82) is 0 Å². The molecule has 0 spiro atoms. The van der Waals surface area contributed by atoms with Crippen LogP contribution >= 0.6 is 0 Å². The van der Waals surface area contributed by atoms with Crippen LogP contribution in [0.5, 0.6) is 0 Å². The Morgan fingerprint density at radius 3 is 1.32 bits per heavy atom. The van der Waals surface area contributed by atoms with Gasteiger partial charge in [-0.3, -0.25) is 14.4 Å². The Labute approximate surface area is 350 Å². The molecule has 57 heavy (non-hydrogen) atoms. The molecule has 0 saturated carbocycles. The van der Waals surface area contributed by atoms with Crippen molar-refractivity contribution in [3.05, 3.63) is 12.2 Å². The van der Waals surface area contributed by atoms with Gasteiger partial charge in [0.25, 0.3) is 0 Å². The number of aliphatic carboxylic acids is 1. The van der Waals surface area contributed by atoms with E-state index in [0.29, 0.717) is 19.3 Å². The van der Waals surface area contributed by atoms with Gasteiger partial charge in [0, 0.05) is 12.8 Å². The number of hydrogen-bond acceptors (Lipinski definition) is 6. The van der Waals surface area contributed by atoms with Crippen LogP contribution in [-0.2, 0) is 23.9 Å². The molecule has 0 aliphatic rings. The van der Waals surface area contributed by atoms with E-state index in [-0.39, 0.29) is 24.5 Å². The molecule has 0 radical (unpaired) electrons. The van der Waals surface area contributed by atoms with Crippen molar-refractivity contribution < 1.29 is 34.1 Å². The standard InChI is InChI=1S/C48H90N2O7/c1-3-5-7-9-11-13-15-17-19-20-22-24-26-29-33-37-43(57-47(54)40-36-32-27-25-23-21-18-16-14-12-10-8-6-4-2)38-34-30-28-31-35-39-45(52)49-41-46(53)50-44(42-51)48(55)56/h16,18,43-44,51H,3-15,17,19-42H2,1-2H3,(H,49,52)(H,50,53)(H,55,56)/b18-16-. The number of carbonyl (C=O) groups excluding carboxylic acids is 3. The Morgan fingerprint density at radius 1 is 0.509 bits per heavy atom. The maximum atomic E-state index is 12.8. The lowest BCUT2D eigenvalue weighted by Crippen LogP contribution is -2.47. The molecule has 0 bridgehead atoms. The van der Waals surface area contributed by atoms with Crippen molar-refractivity contribution in [3.8, 4) is 0 Å². The second-order valence-electron chi connectivity index (χ2n) is 16.6. The number of nitrogens with one attached hydrogen (secondary N) is 2. The van der Waals surface area contributed by atoms with Gasteiger partial charge in [-0.2, -0.15) is 0 Å². The van der Waals surface area contributed by atoms with Gasteiger partial charge in [0.1, 0.15) is 12.1 Å². The molecule has 0 fully saturated rings. The van der Waals surface area contributed by atoms with Crippen LogP contribution in [0, 0.1) is 0 Å². The minimum Gasteiger partial charge on any atom is -0.480 e. The van der Waals surface area contributed by atoms with Crippen molar-refractivity contribution in [1.82, 2.24) is 10.6 Å². The van der Waals surface area contributed by atoms with E-state index >= 15 is 0 Å². The zero-order valence-corrected chi connectivity index (χ0v) is 37.1. The second kappa shape index (κ2) is 43.2. The number of hydrogen-bond donors (Lipinski definition) is 4. The Bertz CT molecular complexity index is 972. The number of carbonyl (C=O) groups is 4. The van der Waals surface area contributed by atoms with Gasteiger partial charge in [-0.15, -0.1) is 0 Å². The predicted molar refractivity (Wildman–Crippen MR) is 236 cm³/mol.